The van der Waals surface area contributed by atoms with Gasteiger partial charge in [-0.3, -0.25) is 9.59 Å². The van der Waals surface area contributed by atoms with Crippen molar-refractivity contribution in [3.8, 4) is 0 Å². The highest BCUT2D eigenvalue weighted by Gasteiger charge is 2.33. The predicted molar refractivity (Wildman–Crippen MR) is 55.0 cm³/mol. The van der Waals surface area contributed by atoms with Crippen molar-refractivity contribution in [1.29, 1.82) is 0 Å². The molecule has 0 aromatic carbocycles. The summed E-state index contributed by atoms with van der Waals surface area (Å²) in [4.78, 5) is 22.1. The molecule has 1 heterocycles. The van der Waals surface area contributed by atoms with Gasteiger partial charge in [-0.2, -0.15) is 0 Å². The zero-order chi connectivity index (χ0) is 10.7. The van der Waals surface area contributed by atoms with E-state index in [9.17, 15) is 9.59 Å². The Balaban J connectivity index is 1.73. The standard InChI is InChI=1S/C12H18O3/c13-11-8-10(12(14)15-11)7-6-9-4-2-1-3-5-9/h9-10H,1-8H2. The molecule has 0 N–H and O–H groups in total. The maximum atomic E-state index is 11.2. The van der Waals surface area contributed by atoms with E-state index in [1.54, 1.807) is 0 Å². The fourth-order valence-electron chi connectivity index (χ4n) is 2.65. The molecule has 1 atom stereocenters. The van der Waals surface area contributed by atoms with Gasteiger partial charge in [0, 0.05) is 0 Å². The first-order valence-electron chi connectivity index (χ1n) is 6.00. The third-order valence-corrected chi connectivity index (χ3v) is 3.61. The lowest BCUT2D eigenvalue weighted by atomic mass is 9.84. The normalized spacial score (nSPS) is 28.1. The van der Waals surface area contributed by atoms with Crippen molar-refractivity contribution in [2.24, 2.45) is 11.8 Å². The predicted octanol–water partition coefficient (Wildman–Crippen LogP) is 2.44. The zero-order valence-corrected chi connectivity index (χ0v) is 9.04. The molecule has 1 aliphatic carbocycles. The van der Waals surface area contributed by atoms with Crippen LogP contribution in [0.5, 0.6) is 0 Å². The monoisotopic (exact) mass is 210 g/mol. The smallest absolute Gasteiger partial charge is 0.317 e. The van der Waals surface area contributed by atoms with Crippen molar-refractivity contribution in [3.05, 3.63) is 0 Å². The average molecular weight is 210 g/mol. The first-order chi connectivity index (χ1) is 7.25. The summed E-state index contributed by atoms with van der Waals surface area (Å²) in [5, 5.41) is 0. The highest BCUT2D eigenvalue weighted by Crippen LogP contribution is 2.30. The summed E-state index contributed by atoms with van der Waals surface area (Å²) in [5.41, 5.74) is 0. The molecular weight excluding hydrogens is 192 g/mol. The summed E-state index contributed by atoms with van der Waals surface area (Å²) in [7, 11) is 0. The maximum absolute atomic E-state index is 11.2. The SMILES string of the molecule is O=C1CC(CCC2CCCCC2)C(=O)O1. The fourth-order valence-corrected chi connectivity index (χ4v) is 2.65. The number of rotatable bonds is 3. The lowest BCUT2D eigenvalue weighted by Crippen LogP contribution is -2.12. The number of cyclic esters (lactones) is 2. The number of carbonyl (C=O) groups excluding carboxylic acids is 2. The van der Waals surface area contributed by atoms with Crippen molar-refractivity contribution in [2.45, 2.75) is 51.4 Å². The van der Waals surface area contributed by atoms with Gasteiger partial charge in [0.15, 0.2) is 0 Å². The van der Waals surface area contributed by atoms with Gasteiger partial charge >= 0.3 is 11.9 Å². The van der Waals surface area contributed by atoms with Gasteiger partial charge in [0.2, 0.25) is 0 Å². The van der Waals surface area contributed by atoms with Crippen molar-refractivity contribution >= 4 is 11.9 Å². The quantitative estimate of drug-likeness (QED) is 0.530. The van der Waals surface area contributed by atoms with Gasteiger partial charge in [-0.1, -0.05) is 32.1 Å². The Bertz CT molecular complexity index is 254. The largest absolute Gasteiger partial charge is 0.393 e. The Morgan fingerprint density at radius 1 is 1.07 bits per heavy atom. The Kier molecular flexibility index (Phi) is 3.39. The lowest BCUT2D eigenvalue weighted by Gasteiger charge is -2.21. The van der Waals surface area contributed by atoms with Crippen molar-refractivity contribution in [2.75, 3.05) is 0 Å². The molecule has 1 saturated heterocycles. The Hall–Kier alpha value is -0.860. The maximum Gasteiger partial charge on any atom is 0.317 e. The molecule has 2 fully saturated rings. The number of hydrogen-bond acceptors (Lipinski definition) is 3. The molecule has 0 aromatic heterocycles. The van der Waals surface area contributed by atoms with Gasteiger partial charge in [-0.25, -0.2) is 0 Å². The van der Waals surface area contributed by atoms with Crippen LogP contribution in [0.25, 0.3) is 0 Å². The minimum Gasteiger partial charge on any atom is -0.393 e. The molecule has 1 aliphatic heterocycles. The van der Waals surface area contributed by atoms with Gasteiger partial charge in [0.25, 0.3) is 0 Å². The van der Waals surface area contributed by atoms with Crippen LogP contribution in [0.4, 0.5) is 0 Å². The summed E-state index contributed by atoms with van der Waals surface area (Å²) in [5.74, 6) is 0.00568. The third kappa shape index (κ3) is 2.80. The van der Waals surface area contributed by atoms with Crippen LogP contribution < -0.4 is 0 Å². The van der Waals surface area contributed by atoms with Gasteiger partial charge in [-0.05, 0) is 18.8 Å². The van der Waals surface area contributed by atoms with Gasteiger partial charge in [-0.15, -0.1) is 0 Å². The van der Waals surface area contributed by atoms with Crippen LogP contribution in [0.3, 0.4) is 0 Å². The van der Waals surface area contributed by atoms with E-state index in [0.29, 0.717) is 6.42 Å². The van der Waals surface area contributed by atoms with E-state index >= 15 is 0 Å². The first-order valence-corrected chi connectivity index (χ1v) is 6.00. The molecule has 0 aromatic rings. The third-order valence-electron chi connectivity index (χ3n) is 3.61. The topological polar surface area (TPSA) is 43.4 Å². The summed E-state index contributed by atoms with van der Waals surface area (Å²) in [6.07, 6.45) is 8.87. The van der Waals surface area contributed by atoms with E-state index in [1.807, 2.05) is 0 Å². The van der Waals surface area contributed by atoms with Crippen LogP contribution in [0.15, 0.2) is 0 Å². The van der Waals surface area contributed by atoms with Gasteiger partial charge < -0.3 is 4.74 Å². The number of carbonyl (C=O) groups is 2. The minimum absolute atomic E-state index is 0.139. The summed E-state index contributed by atoms with van der Waals surface area (Å²) in [6, 6.07) is 0. The zero-order valence-electron chi connectivity index (χ0n) is 9.04. The van der Waals surface area contributed by atoms with Crippen molar-refractivity contribution in [3.63, 3.8) is 0 Å². The van der Waals surface area contributed by atoms with E-state index < -0.39 is 0 Å². The number of hydrogen-bond donors (Lipinski definition) is 0. The summed E-state index contributed by atoms with van der Waals surface area (Å²) in [6.45, 7) is 0. The van der Waals surface area contributed by atoms with E-state index in [2.05, 4.69) is 4.74 Å². The van der Waals surface area contributed by atoms with E-state index in [-0.39, 0.29) is 17.9 Å². The van der Waals surface area contributed by atoms with Gasteiger partial charge in [0.1, 0.15) is 0 Å². The van der Waals surface area contributed by atoms with Gasteiger partial charge in [0.05, 0.1) is 12.3 Å². The Morgan fingerprint density at radius 2 is 1.80 bits per heavy atom. The molecule has 1 saturated carbocycles. The summed E-state index contributed by atoms with van der Waals surface area (Å²) >= 11 is 0. The molecule has 2 rings (SSSR count). The molecule has 3 nitrogen and oxygen atoms in total. The minimum atomic E-state index is -0.339. The Morgan fingerprint density at radius 3 is 2.40 bits per heavy atom. The van der Waals surface area contributed by atoms with E-state index in [1.165, 1.54) is 32.1 Å². The average Bonchev–Trinajstić information content (AvgIpc) is 2.56. The van der Waals surface area contributed by atoms with Crippen LogP contribution in [0, 0.1) is 11.8 Å². The first kappa shape index (κ1) is 10.7. The van der Waals surface area contributed by atoms with Crippen LogP contribution >= 0.6 is 0 Å². The molecular formula is C12H18O3. The van der Waals surface area contributed by atoms with E-state index in [4.69, 9.17) is 0 Å². The second-order valence-electron chi connectivity index (χ2n) is 4.78. The highest BCUT2D eigenvalue weighted by atomic mass is 16.6. The molecule has 15 heavy (non-hydrogen) atoms. The molecule has 3 heteroatoms. The fraction of sp³-hybridized carbons (Fsp3) is 0.833. The molecule has 0 amide bonds. The number of ether oxygens (including phenoxy) is 1. The highest BCUT2D eigenvalue weighted by molar-refractivity contribution is 5.94. The molecule has 0 spiro atoms. The molecule has 1 unspecified atom stereocenters. The van der Waals surface area contributed by atoms with Crippen LogP contribution in [-0.4, -0.2) is 11.9 Å². The van der Waals surface area contributed by atoms with Crippen LogP contribution in [0.2, 0.25) is 0 Å². The molecule has 0 bridgehead atoms. The van der Waals surface area contributed by atoms with E-state index in [0.717, 1.165) is 18.8 Å². The van der Waals surface area contributed by atoms with Crippen LogP contribution in [0.1, 0.15) is 51.4 Å². The number of esters is 2. The lowest BCUT2D eigenvalue weighted by molar-refractivity contribution is -0.153. The second kappa shape index (κ2) is 4.77. The van der Waals surface area contributed by atoms with Crippen molar-refractivity contribution in [1.82, 2.24) is 0 Å². The van der Waals surface area contributed by atoms with Crippen LogP contribution in [-0.2, 0) is 14.3 Å². The Labute approximate surface area is 90.2 Å². The molecule has 84 valence electrons. The molecule has 0 radical (unpaired) electrons. The molecule has 2 aliphatic rings. The van der Waals surface area contributed by atoms with Crippen molar-refractivity contribution < 1.29 is 14.3 Å². The summed E-state index contributed by atoms with van der Waals surface area (Å²) < 4.78 is 4.54. The second-order valence-corrected chi connectivity index (χ2v) is 4.78.